The van der Waals surface area contributed by atoms with Crippen molar-refractivity contribution in [2.75, 3.05) is 0 Å². The Morgan fingerprint density at radius 1 is 1.07 bits per heavy atom. The Balaban J connectivity index is 3.22. The molecule has 0 amide bonds. The molecule has 1 unspecified atom stereocenters. The minimum Gasteiger partial charge on any atom is -0.481 e. The van der Waals surface area contributed by atoms with Crippen molar-refractivity contribution < 1.29 is 29.7 Å². The predicted molar refractivity (Wildman–Crippen MR) is 42.6 cm³/mol. The third-order valence-corrected chi connectivity index (χ3v) is 1.78. The van der Waals surface area contributed by atoms with Gasteiger partial charge in [0.15, 0.2) is 0 Å². The van der Waals surface area contributed by atoms with E-state index in [4.69, 9.17) is 15.3 Å². The molecule has 0 aromatic rings. The summed E-state index contributed by atoms with van der Waals surface area (Å²) < 4.78 is 0. The maximum Gasteiger partial charge on any atom is 0.336 e. The van der Waals surface area contributed by atoms with Crippen molar-refractivity contribution in [1.29, 1.82) is 0 Å². The minimum atomic E-state index is -1.53. The molecular formula is C8H6O6. The van der Waals surface area contributed by atoms with Gasteiger partial charge in [-0.25, -0.2) is 9.59 Å². The molecule has 6 nitrogen and oxygen atoms in total. The summed E-state index contributed by atoms with van der Waals surface area (Å²) in [6.45, 7) is 0. The van der Waals surface area contributed by atoms with Gasteiger partial charge >= 0.3 is 17.9 Å². The van der Waals surface area contributed by atoms with Crippen molar-refractivity contribution in [3.63, 3.8) is 0 Å². The lowest BCUT2D eigenvalue weighted by Crippen LogP contribution is -2.19. The monoisotopic (exact) mass is 198 g/mol. The summed E-state index contributed by atoms with van der Waals surface area (Å²) >= 11 is 0. The summed E-state index contributed by atoms with van der Waals surface area (Å²) in [6, 6.07) is 0. The average molecular weight is 198 g/mol. The van der Waals surface area contributed by atoms with Crippen LogP contribution >= 0.6 is 0 Å². The number of aliphatic carboxylic acids is 3. The van der Waals surface area contributed by atoms with Crippen molar-refractivity contribution >= 4 is 17.9 Å². The highest BCUT2D eigenvalue weighted by atomic mass is 16.4. The first-order chi connectivity index (χ1) is 6.45. The van der Waals surface area contributed by atoms with E-state index >= 15 is 0 Å². The second-order valence-electron chi connectivity index (χ2n) is 2.61. The summed E-state index contributed by atoms with van der Waals surface area (Å²) in [5.41, 5.74) is -1.09. The Hall–Kier alpha value is -2.11. The zero-order valence-electron chi connectivity index (χ0n) is 6.80. The Morgan fingerprint density at radius 2 is 1.64 bits per heavy atom. The van der Waals surface area contributed by atoms with Crippen molar-refractivity contribution in [3.05, 3.63) is 23.3 Å². The second kappa shape index (κ2) is 3.33. The van der Waals surface area contributed by atoms with Gasteiger partial charge in [0.2, 0.25) is 0 Å². The lowest BCUT2D eigenvalue weighted by atomic mass is 10.0. The summed E-state index contributed by atoms with van der Waals surface area (Å²) in [5.74, 6) is -5.73. The van der Waals surface area contributed by atoms with Crippen molar-refractivity contribution in [1.82, 2.24) is 0 Å². The molecule has 0 aromatic carbocycles. The molecule has 74 valence electrons. The van der Waals surface area contributed by atoms with E-state index in [-0.39, 0.29) is 0 Å². The third kappa shape index (κ3) is 1.49. The number of carboxylic acid groups (broad SMARTS) is 3. The molecule has 0 radical (unpaired) electrons. The van der Waals surface area contributed by atoms with Crippen LogP contribution < -0.4 is 0 Å². The highest BCUT2D eigenvalue weighted by molar-refractivity contribution is 6.06. The number of hydrogen-bond acceptors (Lipinski definition) is 3. The molecule has 14 heavy (non-hydrogen) atoms. The standard InChI is InChI=1S/C8H6O6/c9-6(10)3-1-2-4(7(11)12)5(3)8(13)14/h1-3H,(H,9,10)(H,11,12)(H,13,14). The molecule has 0 saturated carbocycles. The molecule has 0 bridgehead atoms. The van der Waals surface area contributed by atoms with Crippen molar-refractivity contribution in [2.45, 2.75) is 0 Å². The summed E-state index contributed by atoms with van der Waals surface area (Å²) in [6.07, 6.45) is 2.03. The van der Waals surface area contributed by atoms with E-state index in [0.717, 1.165) is 12.2 Å². The summed E-state index contributed by atoms with van der Waals surface area (Å²) in [7, 11) is 0. The SMILES string of the molecule is O=C(O)C1=C(C(=O)O)C(C(=O)O)C=C1. The van der Waals surface area contributed by atoms with Crippen LogP contribution in [0.4, 0.5) is 0 Å². The van der Waals surface area contributed by atoms with Crippen LogP contribution in [0.1, 0.15) is 0 Å². The van der Waals surface area contributed by atoms with Gasteiger partial charge in [0.25, 0.3) is 0 Å². The van der Waals surface area contributed by atoms with Crippen LogP contribution in [0.2, 0.25) is 0 Å². The molecule has 0 aliphatic heterocycles. The molecule has 3 N–H and O–H groups in total. The van der Waals surface area contributed by atoms with Gasteiger partial charge in [0, 0.05) is 0 Å². The van der Waals surface area contributed by atoms with E-state index in [2.05, 4.69) is 0 Å². The number of carboxylic acids is 3. The molecule has 6 heteroatoms. The molecule has 1 aliphatic carbocycles. The zero-order chi connectivity index (χ0) is 10.9. The normalized spacial score (nSPS) is 19.9. The number of hydrogen-bond donors (Lipinski definition) is 3. The lowest BCUT2D eigenvalue weighted by molar-refractivity contribution is -0.142. The largest absolute Gasteiger partial charge is 0.481 e. The maximum absolute atomic E-state index is 10.6. The predicted octanol–water partition coefficient (Wildman–Crippen LogP) is -0.277. The van der Waals surface area contributed by atoms with E-state index in [1.165, 1.54) is 0 Å². The topological polar surface area (TPSA) is 112 Å². The van der Waals surface area contributed by atoms with Crippen molar-refractivity contribution in [3.8, 4) is 0 Å². The molecular weight excluding hydrogens is 192 g/mol. The second-order valence-corrected chi connectivity index (χ2v) is 2.61. The van der Waals surface area contributed by atoms with E-state index in [1.54, 1.807) is 0 Å². The fourth-order valence-corrected chi connectivity index (χ4v) is 1.19. The fraction of sp³-hybridized carbons (Fsp3) is 0.125. The summed E-state index contributed by atoms with van der Waals surface area (Å²) in [5, 5.41) is 25.8. The maximum atomic E-state index is 10.6. The van der Waals surface area contributed by atoms with Gasteiger partial charge in [-0.1, -0.05) is 6.08 Å². The van der Waals surface area contributed by atoms with Gasteiger partial charge < -0.3 is 15.3 Å². The van der Waals surface area contributed by atoms with E-state index < -0.39 is 35.0 Å². The fourth-order valence-electron chi connectivity index (χ4n) is 1.19. The smallest absolute Gasteiger partial charge is 0.336 e. The molecule has 1 atom stereocenters. The first-order valence-electron chi connectivity index (χ1n) is 3.57. The quantitative estimate of drug-likeness (QED) is 0.575. The van der Waals surface area contributed by atoms with Crippen LogP contribution in [0.15, 0.2) is 23.3 Å². The molecule has 0 saturated heterocycles. The Labute approximate surface area is 77.8 Å². The molecule has 0 spiro atoms. The van der Waals surface area contributed by atoms with E-state index in [9.17, 15) is 14.4 Å². The molecule has 0 heterocycles. The zero-order valence-corrected chi connectivity index (χ0v) is 6.80. The minimum absolute atomic E-state index is 0.482. The Kier molecular flexibility index (Phi) is 2.37. The van der Waals surface area contributed by atoms with Crippen LogP contribution in [0.3, 0.4) is 0 Å². The van der Waals surface area contributed by atoms with Crippen LogP contribution in [0.25, 0.3) is 0 Å². The first-order valence-corrected chi connectivity index (χ1v) is 3.57. The Morgan fingerprint density at radius 3 is 2.00 bits per heavy atom. The molecule has 0 aromatic heterocycles. The summed E-state index contributed by atoms with van der Waals surface area (Å²) in [4.78, 5) is 31.7. The number of carbonyl (C=O) groups is 3. The average Bonchev–Trinajstić information content (AvgIpc) is 2.46. The van der Waals surface area contributed by atoms with Gasteiger partial charge in [0.1, 0.15) is 5.92 Å². The van der Waals surface area contributed by atoms with Gasteiger partial charge in [-0.05, 0) is 6.08 Å². The molecule has 0 fully saturated rings. The van der Waals surface area contributed by atoms with Crippen LogP contribution in [0.5, 0.6) is 0 Å². The highest BCUT2D eigenvalue weighted by Crippen LogP contribution is 2.26. The Bertz CT molecular complexity index is 375. The third-order valence-electron chi connectivity index (χ3n) is 1.78. The van der Waals surface area contributed by atoms with Crippen LogP contribution in [-0.2, 0) is 14.4 Å². The van der Waals surface area contributed by atoms with Gasteiger partial charge in [-0.3, -0.25) is 4.79 Å². The van der Waals surface area contributed by atoms with Gasteiger partial charge in [0.05, 0.1) is 11.1 Å². The highest BCUT2D eigenvalue weighted by Gasteiger charge is 2.34. The van der Waals surface area contributed by atoms with E-state index in [1.807, 2.05) is 0 Å². The number of rotatable bonds is 3. The first kappa shape index (κ1) is 9.97. The van der Waals surface area contributed by atoms with Crippen LogP contribution in [0, 0.1) is 5.92 Å². The molecule has 1 rings (SSSR count). The van der Waals surface area contributed by atoms with Crippen molar-refractivity contribution in [2.24, 2.45) is 5.92 Å². The van der Waals surface area contributed by atoms with Gasteiger partial charge in [-0.15, -0.1) is 0 Å². The van der Waals surface area contributed by atoms with Gasteiger partial charge in [-0.2, -0.15) is 0 Å². The molecule has 1 aliphatic rings. The van der Waals surface area contributed by atoms with Crippen LogP contribution in [-0.4, -0.2) is 33.2 Å². The van der Waals surface area contributed by atoms with E-state index in [0.29, 0.717) is 0 Å². The lowest BCUT2D eigenvalue weighted by Gasteiger charge is -2.04.